The Labute approximate surface area is 245 Å². The van der Waals surface area contributed by atoms with Gasteiger partial charge in [-0.1, -0.05) is 23.7 Å². The van der Waals surface area contributed by atoms with E-state index in [1.807, 2.05) is 18.3 Å². The highest BCUT2D eigenvalue weighted by Crippen LogP contribution is 2.30. The summed E-state index contributed by atoms with van der Waals surface area (Å²) in [6.07, 6.45) is 3.70. The number of carboxylic acid groups (broad SMARTS) is 1. The summed E-state index contributed by atoms with van der Waals surface area (Å²) in [5.41, 5.74) is 5.03. The fourth-order valence-corrected chi connectivity index (χ4v) is 5.94. The van der Waals surface area contributed by atoms with Crippen molar-refractivity contribution >= 4 is 39.9 Å². The normalized spacial score (nSPS) is 14.5. The molecule has 6 rings (SSSR count). The van der Waals surface area contributed by atoms with Crippen LogP contribution in [-0.4, -0.2) is 48.6 Å². The maximum Gasteiger partial charge on any atom is 0.335 e. The van der Waals surface area contributed by atoms with E-state index in [4.69, 9.17) is 26.3 Å². The number of pyridine rings is 1. The van der Waals surface area contributed by atoms with E-state index in [0.717, 1.165) is 53.4 Å². The Balaban J connectivity index is 1.13. The number of nitrogens with zero attached hydrogens (tertiary/aromatic N) is 5. The van der Waals surface area contributed by atoms with E-state index in [-0.39, 0.29) is 18.1 Å². The number of aromatic nitrogens is 4. The fraction of sp³-hybridized carbons (Fsp3) is 0.267. The Hall–Kier alpha value is -3.86. The Morgan fingerprint density at radius 2 is 1.95 bits per heavy atom. The largest absolute Gasteiger partial charge is 0.478 e. The van der Waals surface area contributed by atoms with Gasteiger partial charge in [0, 0.05) is 39.3 Å². The molecule has 0 atom stereocenters. The van der Waals surface area contributed by atoms with Crippen molar-refractivity contribution in [2.45, 2.75) is 38.5 Å². The van der Waals surface area contributed by atoms with Crippen LogP contribution in [0.1, 0.15) is 51.1 Å². The van der Waals surface area contributed by atoms with Crippen LogP contribution >= 0.6 is 22.9 Å². The molecule has 1 fully saturated rings. The van der Waals surface area contributed by atoms with Gasteiger partial charge in [0.1, 0.15) is 18.2 Å². The minimum Gasteiger partial charge on any atom is -0.478 e. The molecule has 0 radical (unpaired) electrons. The molecule has 4 heterocycles. The van der Waals surface area contributed by atoms with Crippen molar-refractivity contribution in [3.8, 4) is 5.88 Å². The van der Waals surface area contributed by atoms with Crippen LogP contribution in [0.3, 0.4) is 0 Å². The first-order valence-corrected chi connectivity index (χ1v) is 14.5. The van der Waals surface area contributed by atoms with Crippen molar-refractivity contribution in [2.75, 3.05) is 13.1 Å². The van der Waals surface area contributed by atoms with Crippen LogP contribution in [0.2, 0.25) is 5.02 Å². The third kappa shape index (κ3) is 6.24. The van der Waals surface area contributed by atoms with Crippen molar-refractivity contribution < 1.29 is 19.0 Å². The van der Waals surface area contributed by atoms with Gasteiger partial charge in [-0.15, -0.1) is 11.3 Å². The molecule has 0 bridgehead atoms. The number of imidazole rings is 1. The zero-order chi connectivity index (χ0) is 28.3. The number of halogens is 2. The Morgan fingerprint density at radius 3 is 2.71 bits per heavy atom. The maximum atomic E-state index is 14.1. The highest BCUT2D eigenvalue weighted by Gasteiger charge is 2.24. The maximum absolute atomic E-state index is 14.1. The summed E-state index contributed by atoms with van der Waals surface area (Å²) in [7, 11) is 0. The lowest BCUT2D eigenvalue weighted by Gasteiger charge is -2.31. The molecule has 0 saturated carbocycles. The van der Waals surface area contributed by atoms with Crippen molar-refractivity contribution in [2.24, 2.45) is 0 Å². The number of ether oxygens (including phenoxy) is 1. The molecule has 8 nitrogen and oxygen atoms in total. The van der Waals surface area contributed by atoms with Gasteiger partial charge in [-0.05, 0) is 62.3 Å². The molecule has 0 spiro atoms. The molecule has 11 heteroatoms. The molecule has 2 aromatic carbocycles. The van der Waals surface area contributed by atoms with Crippen molar-refractivity contribution in [1.82, 2.24) is 24.4 Å². The lowest BCUT2D eigenvalue weighted by molar-refractivity contribution is 0.0697. The molecule has 1 aliphatic heterocycles. The number of benzene rings is 2. The van der Waals surface area contributed by atoms with Gasteiger partial charge in [0.2, 0.25) is 5.88 Å². The summed E-state index contributed by atoms with van der Waals surface area (Å²) in [6, 6.07) is 15.3. The molecular formula is C30H27ClFN5O3S. The average molecular weight is 592 g/mol. The molecule has 0 amide bonds. The predicted molar refractivity (Wildman–Crippen MR) is 155 cm³/mol. The molecule has 5 aromatic rings. The van der Waals surface area contributed by atoms with Gasteiger partial charge < -0.3 is 14.4 Å². The van der Waals surface area contributed by atoms with Crippen molar-refractivity contribution in [3.05, 3.63) is 105 Å². The van der Waals surface area contributed by atoms with Crippen LogP contribution in [0.25, 0.3) is 11.0 Å². The Kier molecular flexibility index (Phi) is 7.95. The van der Waals surface area contributed by atoms with Gasteiger partial charge in [0.25, 0.3) is 0 Å². The SMILES string of the molecule is O=C(O)c1ccc2nc(CN3CCC(c4cccc(OCc5ccc(Cl)cc5F)n4)CC3)n(Cc3cncs3)c2c1. The predicted octanol–water partition coefficient (Wildman–Crippen LogP) is 6.39. The molecule has 0 aliphatic carbocycles. The number of likely N-dealkylation sites (tertiary alicyclic amines) is 1. The van der Waals surface area contributed by atoms with E-state index in [9.17, 15) is 14.3 Å². The highest BCUT2D eigenvalue weighted by molar-refractivity contribution is 7.09. The molecule has 1 aliphatic rings. The third-order valence-electron chi connectivity index (χ3n) is 7.38. The first-order valence-electron chi connectivity index (χ1n) is 13.3. The number of hydrogen-bond donors (Lipinski definition) is 1. The summed E-state index contributed by atoms with van der Waals surface area (Å²) in [4.78, 5) is 28.9. The molecule has 210 valence electrons. The summed E-state index contributed by atoms with van der Waals surface area (Å²) in [5.74, 6) is 0.301. The number of aromatic carboxylic acids is 1. The van der Waals surface area contributed by atoms with E-state index >= 15 is 0 Å². The molecule has 1 N–H and O–H groups in total. The number of thiazole rings is 1. The first-order chi connectivity index (χ1) is 19.9. The topological polar surface area (TPSA) is 93.4 Å². The van der Waals surface area contributed by atoms with Crippen LogP contribution in [0.4, 0.5) is 4.39 Å². The van der Waals surface area contributed by atoms with Crippen LogP contribution in [0.5, 0.6) is 5.88 Å². The second-order valence-corrected chi connectivity index (χ2v) is 11.5. The first kappa shape index (κ1) is 27.3. The standard InChI is InChI=1S/C30H27ClFN5O3S/c31-22-6-4-21(24(32)13-22)17-40-29-3-1-2-25(35-29)19-8-10-36(11-9-19)16-28-34-26-7-5-20(30(38)39)12-27(26)37(28)15-23-14-33-18-41-23/h1-7,12-14,18-19H,8-11,15-17H2,(H,38,39). The zero-order valence-electron chi connectivity index (χ0n) is 22.0. The van der Waals surface area contributed by atoms with Crippen molar-refractivity contribution in [1.29, 1.82) is 0 Å². The molecule has 0 unspecified atom stereocenters. The van der Waals surface area contributed by atoms with Gasteiger partial charge in [-0.25, -0.2) is 19.2 Å². The number of rotatable bonds is 9. The van der Waals surface area contributed by atoms with E-state index in [2.05, 4.69) is 14.5 Å². The van der Waals surface area contributed by atoms with Crippen LogP contribution in [-0.2, 0) is 19.7 Å². The minimum absolute atomic E-state index is 0.0778. The van der Waals surface area contributed by atoms with Gasteiger partial charge in [0.15, 0.2) is 0 Å². The van der Waals surface area contributed by atoms with E-state index in [1.54, 1.807) is 53.2 Å². The highest BCUT2D eigenvalue weighted by atomic mass is 35.5. The van der Waals surface area contributed by atoms with Gasteiger partial charge in [-0.3, -0.25) is 9.88 Å². The van der Waals surface area contributed by atoms with E-state index in [1.165, 1.54) is 6.07 Å². The van der Waals surface area contributed by atoms with E-state index in [0.29, 0.717) is 29.6 Å². The number of piperidine rings is 1. The second kappa shape index (κ2) is 11.9. The second-order valence-electron chi connectivity index (χ2n) is 10.1. The van der Waals surface area contributed by atoms with Crippen LogP contribution < -0.4 is 4.74 Å². The molecule has 41 heavy (non-hydrogen) atoms. The lowest BCUT2D eigenvalue weighted by Crippen LogP contribution is -2.33. The summed E-state index contributed by atoms with van der Waals surface area (Å²) < 4.78 is 22.0. The van der Waals surface area contributed by atoms with Gasteiger partial charge >= 0.3 is 5.97 Å². The number of carbonyl (C=O) groups is 1. The van der Waals surface area contributed by atoms with Crippen LogP contribution in [0, 0.1) is 5.82 Å². The summed E-state index contributed by atoms with van der Waals surface area (Å²) >= 11 is 7.41. The Bertz CT molecular complexity index is 1690. The van der Waals surface area contributed by atoms with Crippen molar-refractivity contribution in [3.63, 3.8) is 0 Å². The molecule has 1 saturated heterocycles. The molecular weight excluding hydrogens is 565 g/mol. The number of hydrogen-bond acceptors (Lipinski definition) is 7. The van der Waals surface area contributed by atoms with Crippen LogP contribution in [0.15, 0.2) is 66.3 Å². The van der Waals surface area contributed by atoms with Gasteiger partial charge in [-0.2, -0.15) is 0 Å². The Morgan fingerprint density at radius 1 is 1.10 bits per heavy atom. The smallest absolute Gasteiger partial charge is 0.335 e. The fourth-order valence-electron chi connectivity index (χ4n) is 5.19. The average Bonchev–Trinajstić information content (AvgIpc) is 3.61. The van der Waals surface area contributed by atoms with E-state index < -0.39 is 11.8 Å². The summed E-state index contributed by atoms with van der Waals surface area (Å²) in [6.45, 7) is 3.07. The molecule has 3 aromatic heterocycles. The zero-order valence-corrected chi connectivity index (χ0v) is 23.6. The lowest BCUT2D eigenvalue weighted by atomic mass is 9.93. The monoisotopic (exact) mass is 591 g/mol. The minimum atomic E-state index is -0.957. The van der Waals surface area contributed by atoms with Gasteiger partial charge in [0.05, 0.1) is 35.2 Å². The quantitative estimate of drug-likeness (QED) is 0.212. The number of fused-ring (bicyclic) bond motifs is 1. The number of carboxylic acids is 1. The third-order valence-corrected chi connectivity index (χ3v) is 8.38. The summed E-state index contributed by atoms with van der Waals surface area (Å²) in [5, 5.41) is 9.87.